The van der Waals surface area contributed by atoms with Gasteiger partial charge in [-0.3, -0.25) is 0 Å². The van der Waals surface area contributed by atoms with E-state index < -0.39 is 296 Å². The first kappa shape index (κ1) is 22.2. The van der Waals surface area contributed by atoms with Gasteiger partial charge in [0, 0.05) is 0 Å². The lowest BCUT2D eigenvalue weighted by molar-refractivity contribution is 1.63. The molecule has 0 unspecified atom stereocenters. The van der Waals surface area contributed by atoms with Crippen LogP contribution >= 0.6 is 0 Å². The van der Waals surface area contributed by atoms with Crippen LogP contribution in [-0.4, -0.2) is 0 Å². The molecule has 372 valence electrons. The van der Waals surface area contributed by atoms with Gasteiger partial charge in [0.15, 0.2) is 0 Å². The molecule has 0 bridgehead atoms. The molecule has 0 amide bonds. The van der Waals surface area contributed by atoms with E-state index in [0.29, 0.717) is 21.9 Å². The highest BCUT2D eigenvalue weighted by Crippen LogP contribution is 2.47. The van der Waals surface area contributed by atoms with Crippen molar-refractivity contribution in [3.63, 3.8) is 0 Å². The number of benzene rings is 16. The van der Waals surface area contributed by atoms with Crippen molar-refractivity contribution in [1.29, 1.82) is 0 Å². The highest BCUT2D eigenvalue weighted by atomic mass is 14.2. The van der Waals surface area contributed by atoms with E-state index in [4.69, 9.17) is 30.2 Å². The van der Waals surface area contributed by atoms with Gasteiger partial charge < -0.3 is 0 Å². The van der Waals surface area contributed by atoms with Crippen LogP contribution in [0.25, 0.3) is 153 Å². The molecule has 0 aliphatic carbocycles. The molecule has 16 aromatic carbocycles. The minimum atomic E-state index is -0.901. The first-order chi connectivity index (χ1) is 55.5. The van der Waals surface area contributed by atoms with Crippen LogP contribution in [0.5, 0.6) is 0 Å². The van der Waals surface area contributed by atoms with E-state index in [0.717, 1.165) is 10.8 Å². The Kier molecular flexibility index (Phi) is 5.50. The summed E-state index contributed by atoms with van der Waals surface area (Å²) in [5.41, 5.74) is -4.05. The number of hydrogen-bond donors (Lipinski definition) is 0. The van der Waals surface area contributed by atoms with Crippen LogP contribution in [0.3, 0.4) is 0 Å². The molecule has 0 heteroatoms. The van der Waals surface area contributed by atoms with E-state index in [-0.39, 0.29) is 54.2 Å². The van der Waals surface area contributed by atoms with Gasteiger partial charge in [-0.15, -0.1) is 0 Å². The summed E-state index contributed by atoms with van der Waals surface area (Å²) < 4.78 is 337. The zero-order valence-electron chi connectivity index (χ0n) is 79.1. The summed E-state index contributed by atoms with van der Waals surface area (Å²) in [5.74, 6) is 0. The summed E-state index contributed by atoms with van der Waals surface area (Å²) in [6, 6.07) is -3.99. The van der Waals surface area contributed by atoms with Crippen molar-refractivity contribution in [2.45, 2.75) is 0 Å². The Balaban J connectivity index is 0.000000185. The van der Waals surface area contributed by atoms with Crippen molar-refractivity contribution in [3.8, 4) is 66.8 Å². The lowest BCUT2D eigenvalue weighted by atomic mass is 9.85. The predicted octanol–water partition coefficient (Wildman–Crippen LogP) is 22.6. The molecular weight excluding hydrogens is 961 g/mol. The summed E-state index contributed by atoms with van der Waals surface area (Å²) in [6.45, 7) is 0. The third kappa shape index (κ3) is 8.25. The van der Waals surface area contributed by atoms with Crippen LogP contribution in [0, 0.1) is 0 Å². The molecule has 0 radical (unpaired) electrons. The van der Waals surface area contributed by atoms with E-state index in [1.54, 1.807) is 60.7 Å². The van der Waals surface area contributed by atoms with Crippen LogP contribution in [0.1, 0.15) is 52.1 Å². The van der Waals surface area contributed by atoms with Crippen molar-refractivity contribution in [2.24, 2.45) is 0 Å². The van der Waals surface area contributed by atoms with Gasteiger partial charge in [0.1, 0.15) is 0 Å². The average molecular weight is 1050 g/mol. The molecule has 80 heavy (non-hydrogen) atoms. The molecular formula is C80H52. The molecule has 0 fully saturated rings. The van der Waals surface area contributed by atoms with Gasteiger partial charge in [0.2, 0.25) is 0 Å². The van der Waals surface area contributed by atoms with E-state index in [9.17, 15) is 21.9 Å². The second-order valence-corrected chi connectivity index (χ2v) is 18.1. The molecule has 0 saturated heterocycles. The monoisotopic (exact) mass is 1050 g/mol. The summed E-state index contributed by atoms with van der Waals surface area (Å²) in [4.78, 5) is 0. The van der Waals surface area contributed by atoms with Gasteiger partial charge >= 0.3 is 0 Å². The van der Waals surface area contributed by atoms with Crippen LogP contribution in [0.4, 0.5) is 0 Å². The van der Waals surface area contributed by atoms with E-state index >= 15 is 0 Å². The Morgan fingerprint density at radius 2 is 0.525 bits per heavy atom. The fourth-order valence-electron chi connectivity index (χ4n) is 10.0. The van der Waals surface area contributed by atoms with E-state index in [2.05, 4.69) is 0 Å². The maximum absolute atomic E-state index is 9.44. The average Bonchev–Trinajstić information content (AvgIpc) is 0.695. The normalized spacial score (nSPS) is 18.1. The fourth-order valence-corrected chi connectivity index (χ4v) is 10.0. The highest BCUT2D eigenvalue weighted by molar-refractivity contribution is 6.23. The Morgan fingerprint density at radius 3 is 0.988 bits per heavy atom. The zero-order valence-corrected chi connectivity index (χ0v) is 41.1. The molecule has 0 aromatic heterocycles. The van der Waals surface area contributed by atoms with E-state index in [1.807, 2.05) is 24.3 Å². The zero-order chi connectivity index (χ0) is 86.0. The van der Waals surface area contributed by atoms with Gasteiger partial charge in [-0.2, -0.15) is 0 Å². The molecule has 0 heterocycles. The van der Waals surface area contributed by atoms with Gasteiger partial charge in [0.05, 0.1) is 52.1 Å². The quantitative estimate of drug-likeness (QED) is 0.146. The van der Waals surface area contributed by atoms with Gasteiger partial charge in [-0.05, 0) is 171 Å². The van der Waals surface area contributed by atoms with Gasteiger partial charge in [-0.25, -0.2) is 0 Å². The third-order valence-corrected chi connectivity index (χ3v) is 13.6. The molecule has 0 saturated carbocycles. The van der Waals surface area contributed by atoms with Crippen molar-refractivity contribution in [2.75, 3.05) is 0 Å². The summed E-state index contributed by atoms with van der Waals surface area (Å²) in [5, 5.41) is -1.21. The molecule has 0 nitrogen and oxygen atoms in total. The highest BCUT2D eigenvalue weighted by Gasteiger charge is 2.19. The minimum Gasteiger partial charge on any atom is -0.0616 e. The van der Waals surface area contributed by atoms with Crippen LogP contribution < -0.4 is 0 Å². The SMILES string of the molecule is [2H]c1c([2H])c(-c2c3c([2H])c([2H])c([2H])c([2H])c3c(-c3ccc4ccccc4c3)c3c([2H])c([2H])c([2H])c([2H])c23)c([2H])c([2H])c1-c1c([2H])c([2H])c([2H])c2c([2H])c([2H])c([2H])c([2H])c12.[2H]c1c([2H])c(-c2c3c([2H])c([2H])c([2H])c([2H])c3c(-c3ccc4ccccc4c3)c3c([2H])c([2H])c([2H])c([2H])c23)c([2H])c([2H])c1-c1c([2H])c([2H])c2c([2H])c([2H])c([2H])c([2H])c2c1[2H]. The molecule has 0 atom stereocenters. The number of rotatable bonds is 6. The van der Waals surface area contributed by atoms with Crippen molar-refractivity contribution < 1.29 is 52.1 Å². The predicted molar refractivity (Wildman–Crippen MR) is 346 cm³/mol. The van der Waals surface area contributed by atoms with Crippen molar-refractivity contribution >= 4 is 86.2 Å². The fraction of sp³-hybridized carbons (Fsp3) is 0. The van der Waals surface area contributed by atoms with Crippen LogP contribution in [-0.2, 0) is 0 Å². The topological polar surface area (TPSA) is 0 Å². The van der Waals surface area contributed by atoms with Gasteiger partial charge in [-0.1, -0.05) is 296 Å². The maximum Gasteiger partial charge on any atom is 0.0636 e. The Hall–Kier alpha value is -10.4. The lowest BCUT2D eigenvalue weighted by Crippen LogP contribution is -1.91. The molecule has 0 spiro atoms. The van der Waals surface area contributed by atoms with Crippen molar-refractivity contribution in [3.05, 3.63) is 315 Å². The molecule has 0 aliphatic heterocycles. The molecule has 0 N–H and O–H groups in total. The third-order valence-electron chi connectivity index (χ3n) is 13.6. The summed E-state index contributed by atoms with van der Waals surface area (Å²) >= 11 is 0. The van der Waals surface area contributed by atoms with Gasteiger partial charge in [0.25, 0.3) is 0 Å². The molecule has 0 aliphatic rings. The summed E-state index contributed by atoms with van der Waals surface area (Å²) in [7, 11) is 0. The first-order valence-electron chi connectivity index (χ1n) is 43.6. The standard InChI is InChI=1S/2C40H26/c1-3-11-31-25-33(23-19-27(31)9-1)29-17-21-30(22-18-29)39-35-13-5-7-15-37(35)40(38-16-8-6-14-36(38)39)34-24-20-28-10-2-4-12-32(28)26-34;1-2-12-31-26-32(25-20-27(31)10-1)40-37-17-7-5-15-35(37)39(36-16-6-8-18-38(36)40)30-23-21-29(22-24-30)34-19-9-13-28-11-3-4-14-33(28)34/h2*1-26H/i1D,3D,5D,6D,7D,8D,9D,11D,13D,14D,15D,16D,17D,18D,19D,21D,22D,23D,25D;3D,4D,5D,6D,7D,8D,9D,11D,13D,14D,15D,16D,17D,18D,19D,21D,22D,23D,24D. The summed E-state index contributed by atoms with van der Waals surface area (Å²) in [6.07, 6.45) is 0. The second kappa shape index (κ2) is 19.9. The smallest absolute Gasteiger partial charge is 0.0616 e. The Morgan fingerprint density at radius 1 is 0.188 bits per heavy atom. The van der Waals surface area contributed by atoms with Crippen molar-refractivity contribution in [1.82, 2.24) is 0 Å². The lowest BCUT2D eigenvalue weighted by Gasteiger charge is -2.18. The number of hydrogen-bond acceptors (Lipinski definition) is 0. The number of fused-ring (bicyclic) bond motifs is 8. The maximum atomic E-state index is 9.44. The molecule has 16 aromatic rings. The largest absolute Gasteiger partial charge is 0.0636 e. The molecule has 16 rings (SSSR count). The first-order valence-corrected chi connectivity index (χ1v) is 24.6. The second-order valence-electron chi connectivity index (χ2n) is 18.1. The van der Waals surface area contributed by atoms with Crippen LogP contribution in [0.2, 0.25) is 0 Å². The van der Waals surface area contributed by atoms with E-state index in [1.165, 1.54) is 0 Å². The van der Waals surface area contributed by atoms with Crippen LogP contribution in [0.15, 0.2) is 315 Å². The Bertz CT molecular complexity index is 7150. The Labute approximate surface area is 519 Å². The minimum absolute atomic E-state index is 0.00768.